The Balaban J connectivity index is 1.45. The maximum Gasteiger partial charge on any atom is 0.227 e. The third-order valence-corrected chi connectivity index (χ3v) is 4.80. The molecular formula is C19H24FN3O2. The Kier molecular flexibility index (Phi) is 5.48. The average molecular weight is 345 g/mol. The molecule has 0 unspecified atom stereocenters. The SMILES string of the molecule is Cc1n[nH]c(C)c1CC(=O)N1CCC(OCc2ccc(F)cc2)CC1. The Morgan fingerprint density at radius 2 is 1.96 bits per heavy atom. The van der Waals surface area contributed by atoms with Crippen molar-refractivity contribution in [1.82, 2.24) is 15.1 Å². The first-order chi connectivity index (χ1) is 12.0. The predicted octanol–water partition coefficient (Wildman–Crippen LogP) is 2.92. The van der Waals surface area contributed by atoms with E-state index < -0.39 is 0 Å². The number of aryl methyl sites for hydroxylation is 2. The van der Waals surface area contributed by atoms with Gasteiger partial charge < -0.3 is 9.64 Å². The van der Waals surface area contributed by atoms with Gasteiger partial charge in [-0.25, -0.2) is 4.39 Å². The highest BCUT2D eigenvalue weighted by atomic mass is 19.1. The molecular weight excluding hydrogens is 321 g/mol. The monoisotopic (exact) mass is 345 g/mol. The summed E-state index contributed by atoms with van der Waals surface area (Å²) in [5.74, 6) is -0.0942. The van der Waals surface area contributed by atoms with Crippen LogP contribution in [-0.2, 0) is 22.6 Å². The van der Waals surface area contributed by atoms with E-state index in [4.69, 9.17) is 4.74 Å². The van der Waals surface area contributed by atoms with E-state index in [2.05, 4.69) is 10.2 Å². The number of benzene rings is 1. The van der Waals surface area contributed by atoms with E-state index in [1.807, 2.05) is 18.7 Å². The lowest BCUT2D eigenvalue weighted by atomic mass is 10.1. The van der Waals surface area contributed by atoms with Crippen LogP contribution in [0.4, 0.5) is 4.39 Å². The van der Waals surface area contributed by atoms with Gasteiger partial charge in [-0.15, -0.1) is 0 Å². The molecule has 0 aliphatic carbocycles. The molecule has 1 aliphatic rings. The predicted molar refractivity (Wildman–Crippen MR) is 92.6 cm³/mol. The van der Waals surface area contributed by atoms with Crippen molar-refractivity contribution in [2.24, 2.45) is 0 Å². The number of hydrogen-bond donors (Lipinski definition) is 1. The number of H-pyrrole nitrogens is 1. The smallest absolute Gasteiger partial charge is 0.227 e. The summed E-state index contributed by atoms with van der Waals surface area (Å²) in [5.41, 5.74) is 3.82. The summed E-state index contributed by atoms with van der Waals surface area (Å²) in [5, 5.41) is 7.07. The molecule has 0 spiro atoms. The van der Waals surface area contributed by atoms with Crippen LogP contribution in [0.5, 0.6) is 0 Å². The molecule has 1 fully saturated rings. The van der Waals surface area contributed by atoms with Gasteiger partial charge in [-0.05, 0) is 44.4 Å². The van der Waals surface area contributed by atoms with E-state index >= 15 is 0 Å². The molecule has 134 valence electrons. The number of aromatic nitrogens is 2. The number of halogens is 1. The number of nitrogens with one attached hydrogen (secondary N) is 1. The number of amides is 1. The zero-order valence-electron chi connectivity index (χ0n) is 14.7. The highest BCUT2D eigenvalue weighted by Crippen LogP contribution is 2.18. The van der Waals surface area contributed by atoms with E-state index in [0.29, 0.717) is 26.1 Å². The van der Waals surface area contributed by atoms with Crippen LogP contribution < -0.4 is 0 Å². The maximum atomic E-state index is 12.9. The van der Waals surface area contributed by atoms with Crippen LogP contribution in [0, 0.1) is 19.7 Å². The number of carbonyl (C=O) groups is 1. The topological polar surface area (TPSA) is 58.2 Å². The number of piperidine rings is 1. The number of carbonyl (C=O) groups excluding carboxylic acids is 1. The molecule has 2 aromatic rings. The Morgan fingerprint density at radius 1 is 1.28 bits per heavy atom. The van der Waals surface area contributed by atoms with Gasteiger partial charge in [0.25, 0.3) is 0 Å². The second kappa shape index (κ2) is 7.78. The van der Waals surface area contributed by atoms with Crippen molar-refractivity contribution in [3.8, 4) is 0 Å². The number of ether oxygens (including phenoxy) is 1. The van der Waals surface area contributed by atoms with Gasteiger partial charge in [-0.1, -0.05) is 12.1 Å². The van der Waals surface area contributed by atoms with Crippen LogP contribution in [-0.4, -0.2) is 40.2 Å². The molecule has 1 aliphatic heterocycles. The third kappa shape index (κ3) is 4.45. The fraction of sp³-hybridized carbons (Fsp3) is 0.474. The zero-order chi connectivity index (χ0) is 17.8. The van der Waals surface area contributed by atoms with Crippen LogP contribution >= 0.6 is 0 Å². The molecule has 1 N–H and O–H groups in total. The van der Waals surface area contributed by atoms with Crippen LogP contribution in [0.1, 0.15) is 35.4 Å². The van der Waals surface area contributed by atoms with E-state index in [1.165, 1.54) is 12.1 Å². The molecule has 6 heteroatoms. The van der Waals surface area contributed by atoms with Crippen molar-refractivity contribution in [2.75, 3.05) is 13.1 Å². The minimum atomic E-state index is -0.237. The largest absolute Gasteiger partial charge is 0.373 e. The van der Waals surface area contributed by atoms with Crippen molar-refractivity contribution in [2.45, 2.75) is 45.8 Å². The number of likely N-dealkylation sites (tertiary alicyclic amines) is 1. The number of aromatic amines is 1. The van der Waals surface area contributed by atoms with E-state index in [1.54, 1.807) is 12.1 Å². The molecule has 2 heterocycles. The normalized spacial score (nSPS) is 15.6. The summed E-state index contributed by atoms with van der Waals surface area (Å²) in [4.78, 5) is 14.4. The lowest BCUT2D eigenvalue weighted by molar-refractivity contribution is -0.133. The lowest BCUT2D eigenvalue weighted by Crippen LogP contribution is -2.41. The first-order valence-corrected chi connectivity index (χ1v) is 8.67. The van der Waals surface area contributed by atoms with Gasteiger partial charge in [0, 0.05) is 24.3 Å². The van der Waals surface area contributed by atoms with Crippen molar-refractivity contribution < 1.29 is 13.9 Å². The van der Waals surface area contributed by atoms with Crippen LogP contribution in [0.15, 0.2) is 24.3 Å². The first kappa shape index (κ1) is 17.6. The van der Waals surface area contributed by atoms with Gasteiger partial charge in [0.2, 0.25) is 5.91 Å². The Hall–Kier alpha value is -2.21. The maximum absolute atomic E-state index is 12.9. The highest BCUT2D eigenvalue weighted by Gasteiger charge is 2.24. The Bertz CT molecular complexity index is 699. The summed E-state index contributed by atoms with van der Waals surface area (Å²) in [6.45, 7) is 5.76. The van der Waals surface area contributed by atoms with Gasteiger partial charge in [-0.2, -0.15) is 5.10 Å². The van der Waals surface area contributed by atoms with Crippen LogP contribution in [0.3, 0.4) is 0 Å². The minimum Gasteiger partial charge on any atom is -0.373 e. The van der Waals surface area contributed by atoms with Crippen molar-refractivity contribution in [1.29, 1.82) is 0 Å². The molecule has 1 aromatic heterocycles. The molecule has 5 nitrogen and oxygen atoms in total. The summed E-state index contributed by atoms with van der Waals surface area (Å²) in [7, 11) is 0. The molecule has 0 saturated carbocycles. The third-order valence-electron chi connectivity index (χ3n) is 4.80. The summed E-state index contributed by atoms with van der Waals surface area (Å²) in [6.07, 6.45) is 2.20. The molecule has 1 amide bonds. The minimum absolute atomic E-state index is 0.143. The second-order valence-electron chi connectivity index (χ2n) is 6.61. The van der Waals surface area contributed by atoms with Crippen LogP contribution in [0.2, 0.25) is 0 Å². The molecule has 0 radical (unpaired) electrons. The lowest BCUT2D eigenvalue weighted by Gasteiger charge is -2.32. The van der Waals surface area contributed by atoms with Gasteiger partial charge in [0.15, 0.2) is 0 Å². The summed E-state index contributed by atoms with van der Waals surface area (Å²) >= 11 is 0. The number of hydrogen-bond acceptors (Lipinski definition) is 3. The average Bonchev–Trinajstić information content (AvgIpc) is 2.93. The Morgan fingerprint density at radius 3 is 2.56 bits per heavy atom. The van der Waals surface area contributed by atoms with Gasteiger partial charge >= 0.3 is 0 Å². The van der Waals surface area contributed by atoms with Gasteiger partial charge in [-0.3, -0.25) is 9.89 Å². The fourth-order valence-corrected chi connectivity index (χ4v) is 3.16. The zero-order valence-corrected chi connectivity index (χ0v) is 14.7. The van der Waals surface area contributed by atoms with Crippen molar-refractivity contribution in [3.63, 3.8) is 0 Å². The number of rotatable bonds is 5. The standard InChI is InChI=1S/C19H24FN3O2/c1-13-18(14(2)22-21-13)11-19(24)23-9-7-17(8-10-23)25-12-15-3-5-16(20)6-4-15/h3-6,17H,7-12H2,1-2H3,(H,21,22). The van der Waals surface area contributed by atoms with E-state index in [0.717, 1.165) is 35.4 Å². The fourth-order valence-electron chi connectivity index (χ4n) is 3.16. The molecule has 3 rings (SSSR count). The van der Waals surface area contributed by atoms with E-state index in [9.17, 15) is 9.18 Å². The van der Waals surface area contributed by atoms with Crippen molar-refractivity contribution >= 4 is 5.91 Å². The summed E-state index contributed by atoms with van der Waals surface area (Å²) in [6, 6.07) is 6.37. The van der Waals surface area contributed by atoms with Crippen LogP contribution in [0.25, 0.3) is 0 Å². The molecule has 25 heavy (non-hydrogen) atoms. The Labute approximate surface area is 147 Å². The summed E-state index contributed by atoms with van der Waals surface area (Å²) < 4.78 is 18.8. The molecule has 0 atom stereocenters. The quantitative estimate of drug-likeness (QED) is 0.906. The van der Waals surface area contributed by atoms with Gasteiger partial charge in [0.05, 0.1) is 24.8 Å². The molecule has 0 bridgehead atoms. The first-order valence-electron chi connectivity index (χ1n) is 8.67. The second-order valence-corrected chi connectivity index (χ2v) is 6.61. The van der Waals surface area contributed by atoms with Crippen molar-refractivity contribution in [3.05, 3.63) is 52.6 Å². The molecule has 1 aromatic carbocycles. The van der Waals surface area contributed by atoms with E-state index in [-0.39, 0.29) is 17.8 Å². The highest BCUT2D eigenvalue weighted by molar-refractivity contribution is 5.79. The van der Waals surface area contributed by atoms with Gasteiger partial charge in [0.1, 0.15) is 5.82 Å². The molecule has 1 saturated heterocycles. The number of nitrogens with zero attached hydrogens (tertiary/aromatic N) is 2.